The average Bonchev–Trinajstić information content (AvgIpc) is 3.30. The molecule has 31 heavy (non-hydrogen) atoms. The molecule has 3 aromatic rings. The van der Waals surface area contributed by atoms with Crippen LogP contribution in [0, 0.1) is 6.92 Å². The van der Waals surface area contributed by atoms with E-state index in [9.17, 15) is 4.79 Å². The summed E-state index contributed by atoms with van der Waals surface area (Å²) in [6.45, 7) is 7.65. The highest BCUT2D eigenvalue weighted by atomic mass is 16.1. The Morgan fingerprint density at radius 1 is 0.935 bits per heavy atom. The molecule has 1 fully saturated rings. The van der Waals surface area contributed by atoms with E-state index in [-0.39, 0.29) is 5.56 Å². The summed E-state index contributed by atoms with van der Waals surface area (Å²) in [6.07, 6.45) is 6.84. The van der Waals surface area contributed by atoms with Gasteiger partial charge in [-0.15, -0.1) is 0 Å². The van der Waals surface area contributed by atoms with Crippen molar-refractivity contribution in [2.75, 3.05) is 44.3 Å². The lowest BCUT2D eigenvalue weighted by Crippen LogP contribution is -2.52. The fourth-order valence-corrected chi connectivity index (χ4v) is 4.39. The Balaban J connectivity index is 1.16. The molecular weight excluding hydrogens is 388 g/mol. The van der Waals surface area contributed by atoms with Gasteiger partial charge in [-0.05, 0) is 37.6 Å². The minimum atomic E-state index is 0.0601. The van der Waals surface area contributed by atoms with Gasteiger partial charge in [0.1, 0.15) is 12.3 Å². The SMILES string of the molecule is Cc1nc2ccccn2c(=O)c1CCN1CCN(N2C=CN(c3ccccc3)C2)CC1. The number of piperazine rings is 1. The van der Waals surface area contributed by atoms with Crippen molar-refractivity contribution in [3.63, 3.8) is 0 Å². The van der Waals surface area contributed by atoms with Crippen LogP contribution in [-0.4, -0.2) is 63.7 Å². The van der Waals surface area contributed by atoms with Gasteiger partial charge >= 0.3 is 0 Å². The molecule has 0 bridgehead atoms. The topological polar surface area (TPSA) is 47.3 Å². The number of hydrogen-bond acceptors (Lipinski definition) is 6. The van der Waals surface area contributed by atoms with Crippen LogP contribution in [0.5, 0.6) is 0 Å². The highest BCUT2D eigenvalue weighted by Gasteiger charge is 2.24. The second kappa shape index (κ2) is 8.53. The smallest absolute Gasteiger partial charge is 0.261 e. The van der Waals surface area contributed by atoms with Crippen molar-refractivity contribution in [2.45, 2.75) is 13.3 Å². The second-order valence-electron chi connectivity index (χ2n) is 8.14. The zero-order chi connectivity index (χ0) is 21.2. The van der Waals surface area contributed by atoms with Crippen LogP contribution in [0.3, 0.4) is 0 Å². The predicted molar refractivity (Wildman–Crippen MR) is 123 cm³/mol. The zero-order valence-electron chi connectivity index (χ0n) is 17.9. The maximum atomic E-state index is 12.9. The summed E-state index contributed by atoms with van der Waals surface area (Å²) in [5.41, 5.74) is 3.66. The number of benzene rings is 1. The molecule has 4 heterocycles. The number of rotatable bonds is 5. The van der Waals surface area contributed by atoms with Crippen molar-refractivity contribution in [1.29, 1.82) is 0 Å². The number of aromatic nitrogens is 2. The molecule has 0 atom stereocenters. The monoisotopic (exact) mass is 416 g/mol. The molecule has 0 unspecified atom stereocenters. The lowest BCUT2D eigenvalue weighted by Gasteiger charge is -2.39. The first-order valence-corrected chi connectivity index (χ1v) is 10.9. The Labute approximate surface area is 182 Å². The Morgan fingerprint density at radius 2 is 1.71 bits per heavy atom. The maximum Gasteiger partial charge on any atom is 0.261 e. The molecule has 5 rings (SSSR count). The first-order valence-electron chi connectivity index (χ1n) is 10.9. The van der Waals surface area contributed by atoms with Gasteiger partial charge in [0.05, 0.1) is 0 Å². The standard InChI is InChI=1S/C24H28N6O/c1-20-22(24(31)30-11-6-5-9-23(30)25-20)10-12-26-13-16-28(17-14-26)29-18-15-27(19-29)21-7-3-2-4-8-21/h2-9,11,15,18H,10,12-14,16-17,19H2,1H3. The van der Waals surface area contributed by atoms with Crippen molar-refractivity contribution in [1.82, 2.24) is 24.3 Å². The zero-order valence-corrected chi connectivity index (χ0v) is 17.9. The van der Waals surface area contributed by atoms with Gasteiger partial charge < -0.3 is 9.80 Å². The summed E-state index contributed by atoms with van der Waals surface area (Å²) in [6, 6.07) is 16.1. The van der Waals surface area contributed by atoms with Crippen molar-refractivity contribution in [3.05, 3.63) is 88.7 Å². The van der Waals surface area contributed by atoms with Crippen LogP contribution in [0.25, 0.3) is 5.65 Å². The highest BCUT2D eigenvalue weighted by Crippen LogP contribution is 2.20. The van der Waals surface area contributed by atoms with Gasteiger partial charge in [0.15, 0.2) is 0 Å². The maximum absolute atomic E-state index is 12.9. The molecule has 7 nitrogen and oxygen atoms in total. The number of hydrogen-bond donors (Lipinski definition) is 0. The molecule has 0 amide bonds. The number of fused-ring (bicyclic) bond motifs is 1. The van der Waals surface area contributed by atoms with Crippen LogP contribution in [0.2, 0.25) is 0 Å². The van der Waals surface area contributed by atoms with E-state index in [1.54, 1.807) is 10.6 Å². The molecule has 2 aliphatic heterocycles. The van der Waals surface area contributed by atoms with Crippen LogP contribution in [0.4, 0.5) is 5.69 Å². The van der Waals surface area contributed by atoms with Gasteiger partial charge in [-0.1, -0.05) is 24.3 Å². The van der Waals surface area contributed by atoms with Gasteiger partial charge in [-0.2, -0.15) is 0 Å². The molecule has 0 N–H and O–H groups in total. The molecule has 0 saturated carbocycles. The van der Waals surface area contributed by atoms with Crippen molar-refractivity contribution >= 4 is 11.3 Å². The Morgan fingerprint density at radius 3 is 2.52 bits per heavy atom. The summed E-state index contributed by atoms with van der Waals surface area (Å²) in [5, 5.41) is 4.71. The molecule has 2 aliphatic rings. The lowest BCUT2D eigenvalue weighted by molar-refractivity contribution is -0.0138. The first kappa shape index (κ1) is 19.8. The number of anilines is 1. The molecule has 1 saturated heterocycles. The van der Waals surface area contributed by atoms with E-state index < -0.39 is 0 Å². The van der Waals surface area contributed by atoms with Gasteiger partial charge in [0.2, 0.25) is 0 Å². The number of hydrazine groups is 1. The quantitative estimate of drug-likeness (QED) is 0.636. The largest absolute Gasteiger partial charge is 0.327 e. The minimum Gasteiger partial charge on any atom is -0.327 e. The normalized spacial score (nSPS) is 17.7. The number of aryl methyl sites for hydroxylation is 1. The molecular formula is C24H28N6O. The number of para-hydroxylation sites is 1. The van der Waals surface area contributed by atoms with E-state index in [0.29, 0.717) is 5.65 Å². The molecule has 0 aliphatic carbocycles. The lowest BCUT2D eigenvalue weighted by atomic mass is 10.1. The minimum absolute atomic E-state index is 0.0601. The second-order valence-corrected chi connectivity index (χ2v) is 8.14. The van der Waals surface area contributed by atoms with Crippen LogP contribution in [0.1, 0.15) is 11.3 Å². The molecule has 0 radical (unpaired) electrons. The third kappa shape index (κ3) is 4.06. The van der Waals surface area contributed by atoms with E-state index in [1.807, 2.05) is 31.2 Å². The Kier molecular flexibility index (Phi) is 5.44. The van der Waals surface area contributed by atoms with Crippen LogP contribution >= 0.6 is 0 Å². The summed E-state index contributed by atoms with van der Waals surface area (Å²) in [7, 11) is 0. The fraction of sp³-hybridized carbons (Fsp3) is 0.333. The molecule has 160 valence electrons. The Hall–Kier alpha value is -3.16. The van der Waals surface area contributed by atoms with Crippen LogP contribution in [-0.2, 0) is 6.42 Å². The van der Waals surface area contributed by atoms with E-state index in [1.165, 1.54) is 5.69 Å². The summed E-state index contributed by atoms with van der Waals surface area (Å²) in [5.74, 6) is 0. The van der Waals surface area contributed by atoms with Gasteiger partial charge in [0, 0.05) is 68.3 Å². The van der Waals surface area contributed by atoms with Gasteiger partial charge in [-0.25, -0.2) is 9.99 Å². The number of pyridine rings is 1. The van der Waals surface area contributed by atoms with Crippen molar-refractivity contribution < 1.29 is 0 Å². The van der Waals surface area contributed by atoms with Crippen molar-refractivity contribution in [2.24, 2.45) is 0 Å². The highest BCUT2D eigenvalue weighted by molar-refractivity contribution is 5.49. The summed E-state index contributed by atoms with van der Waals surface area (Å²) in [4.78, 5) is 22.2. The van der Waals surface area contributed by atoms with Crippen molar-refractivity contribution in [3.8, 4) is 0 Å². The summed E-state index contributed by atoms with van der Waals surface area (Å²) >= 11 is 0. The molecule has 2 aromatic heterocycles. The third-order valence-corrected chi connectivity index (χ3v) is 6.23. The van der Waals surface area contributed by atoms with E-state index >= 15 is 0 Å². The predicted octanol–water partition coefficient (Wildman–Crippen LogP) is 2.33. The average molecular weight is 417 g/mol. The number of nitrogens with zero attached hydrogens (tertiary/aromatic N) is 6. The van der Waals surface area contributed by atoms with E-state index in [0.717, 1.165) is 57.1 Å². The Bertz CT molecular complexity index is 1130. The third-order valence-electron chi connectivity index (χ3n) is 6.23. The van der Waals surface area contributed by atoms with Crippen LogP contribution < -0.4 is 10.5 Å². The van der Waals surface area contributed by atoms with E-state index in [4.69, 9.17) is 0 Å². The van der Waals surface area contributed by atoms with Crippen LogP contribution in [0.15, 0.2) is 71.9 Å². The molecule has 0 spiro atoms. The molecule has 1 aromatic carbocycles. The van der Waals surface area contributed by atoms with Gasteiger partial charge in [0.25, 0.3) is 5.56 Å². The first-order chi connectivity index (χ1) is 15.2. The fourth-order valence-electron chi connectivity index (χ4n) is 4.39. The van der Waals surface area contributed by atoms with E-state index in [2.05, 4.69) is 61.5 Å². The molecule has 7 heteroatoms. The summed E-state index contributed by atoms with van der Waals surface area (Å²) < 4.78 is 1.65. The van der Waals surface area contributed by atoms with Gasteiger partial charge in [-0.3, -0.25) is 14.2 Å².